The molecule has 0 saturated heterocycles. The summed E-state index contributed by atoms with van der Waals surface area (Å²) < 4.78 is 13.5. The summed E-state index contributed by atoms with van der Waals surface area (Å²) in [7, 11) is 4.61. The van der Waals surface area contributed by atoms with Crippen molar-refractivity contribution in [1.82, 2.24) is 0 Å². The molecular weight excluding hydrogens is 177 g/mol. The first kappa shape index (κ1) is 9.87. The topological polar surface area (TPSA) is 0 Å². The highest BCUT2D eigenvalue weighted by atomic mass is 31.1. The smallest absolute Gasteiger partial charge is 0.139 e. The third-order valence-corrected chi connectivity index (χ3v) is 3.58. The lowest BCUT2D eigenvalue weighted by Gasteiger charge is -2.38. The second kappa shape index (κ2) is 3.67. The molecule has 0 spiro atoms. The molecular formula is C8H17FP2. The molecule has 0 amide bonds. The van der Waals surface area contributed by atoms with Crippen LogP contribution < -0.4 is 0 Å². The van der Waals surface area contributed by atoms with Crippen LogP contribution in [-0.4, -0.2) is 5.15 Å². The standard InChI is InChI=1S/C8H17FP2/c1-2-7(8(9,10)11)6-4-3-5-6/h6-7H,2-5,10-11H2,1H3. The van der Waals surface area contributed by atoms with E-state index >= 15 is 0 Å². The maximum Gasteiger partial charge on any atom is 0.139 e. The molecule has 1 rings (SSSR count). The zero-order valence-corrected chi connectivity index (χ0v) is 9.33. The van der Waals surface area contributed by atoms with Crippen molar-refractivity contribution in [3.63, 3.8) is 0 Å². The predicted molar refractivity (Wildman–Crippen MR) is 54.4 cm³/mol. The molecule has 0 nitrogen and oxygen atoms in total. The molecule has 0 aromatic rings. The van der Waals surface area contributed by atoms with Gasteiger partial charge >= 0.3 is 0 Å². The molecule has 0 aromatic carbocycles. The van der Waals surface area contributed by atoms with E-state index in [4.69, 9.17) is 0 Å². The van der Waals surface area contributed by atoms with Crippen LogP contribution in [0.15, 0.2) is 0 Å². The van der Waals surface area contributed by atoms with Gasteiger partial charge in [0.1, 0.15) is 5.15 Å². The first-order valence-electron chi connectivity index (χ1n) is 4.32. The average molecular weight is 194 g/mol. The predicted octanol–water partition coefficient (Wildman–Crippen LogP) is 3.19. The van der Waals surface area contributed by atoms with Crippen molar-refractivity contribution in [2.75, 3.05) is 0 Å². The lowest BCUT2D eigenvalue weighted by Crippen LogP contribution is -2.31. The minimum atomic E-state index is -1.13. The third-order valence-electron chi connectivity index (χ3n) is 2.73. The molecule has 0 bridgehead atoms. The Kier molecular flexibility index (Phi) is 3.29. The van der Waals surface area contributed by atoms with Gasteiger partial charge in [-0.25, -0.2) is 4.39 Å². The minimum Gasteiger partial charge on any atom is -0.235 e. The zero-order chi connectivity index (χ0) is 8.48. The summed E-state index contributed by atoms with van der Waals surface area (Å²) in [5.41, 5.74) is 0. The van der Waals surface area contributed by atoms with Crippen LogP contribution in [0.4, 0.5) is 4.39 Å². The molecule has 3 heteroatoms. The summed E-state index contributed by atoms with van der Waals surface area (Å²) in [6.45, 7) is 2.07. The van der Waals surface area contributed by atoms with Crippen LogP contribution in [0.5, 0.6) is 0 Å². The van der Waals surface area contributed by atoms with Gasteiger partial charge in [-0.3, -0.25) is 0 Å². The van der Waals surface area contributed by atoms with E-state index in [1.807, 2.05) is 0 Å². The largest absolute Gasteiger partial charge is 0.235 e. The van der Waals surface area contributed by atoms with Gasteiger partial charge in [-0.2, -0.15) is 0 Å². The quantitative estimate of drug-likeness (QED) is 0.605. The summed E-state index contributed by atoms with van der Waals surface area (Å²) in [6.07, 6.45) is 4.71. The fourth-order valence-electron chi connectivity index (χ4n) is 1.85. The maximum absolute atomic E-state index is 13.5. The van der Waals surface area contributed by atoms with Crippen LogP contribution in [0.1, 0.15) is 32.6 Å². The van der Waals surface area contributed by atoms with Gasteiger partial charge in [0, 0.05) is 5.92 Å². The van der Waals surface area contributed by atoms with Gasteiger partial charge in [0.15, 0.2) is 0 Å². The highest BCUT2D eigenvalue weighted by Gasteiger charge is 2.37. The van der Waals surface area contributed by atoms with Crippen molar-refractivity contribution < 1.29 is 4.39 Å². The van der Waals surface area contributed by atoms with Crippen LogP contribution >= 0.6 is 18.5 Å². The van der Waals surface area contributed by atoms with E-state index < -0.39 is 5.15 Å². The van der Waals surface area contributed by atoms with E-state index in [0.717, 1.165) is 6.42 Å². The first-order chi connectivity index (χ1) is 5.05. The molecule has 0 aliphatic heterocycles. The number of alkyl halides is 1. The fraction of sp³-hybridized carbons (Fsp3) is 1.00. The number of hydrogen-bond donors (Lipinski definition) is 0. The van der Waals surface area contributed by atoms with Crippen LogP contribution in [0.25, 0.3) is 0 Å². The van der Waals surface area contributed by atoms with E-state index in [2.05, 4.69) is 25.4 Å². The van der Waals surface area contributed by atoms with Gasteiger partial charge in [-0.15, -0.1) is 0 Å². The molecule has 3 unspecified atom stereocenters. The van der Waals surface area contributed by atoms with Crippen LogP contribution in [0.2, 0.25) is 0 Å². The van der Waals surface area contributed by atoms with E-state index in [1.54, 1.807) is 0 Å². The second-order valence-corrected chi connectivity index (χ2v) is 5.97. The molecule has 11 heavy (non-hydrogen) atoms. The van der Waals surface area contributed by atoms with Gasteiger partial charge in [0.05, 0.1) is 0 Å². The van der Waals surface area contributed by atoms with E-state index in [9.17, 15) is 4.39 Å². The molecule has 1 fully saturated rings. The lowest BCUT2D eigenvalue weighted by atomic mass is 9.75. The molecule has 1 saturated carbocycles. The van der Waals surface area contributed by atoms with E-state index in [1.165, 1.54) is 19.3 Å². The summed E-state index contributed by atoms with van der Waals surface area (Å²) in [5.74, 6) is 0.867. The Balaban J connectivity index is 2.48. The molecule has 66 valence electrons. The molecule has 0 heterocycles. The summed E-state index contributed by atoms with van der Waals surface area (Å²) >= 11 is 0. The second-order valence-electron chi connectivity index (χ2n) is 3.53. The van der Waals surface area contributed by atoms with Crippen LogP contribution in [0.3, 0.4) is 0 Å². The van der Waals surface area contributed by atoms with Crippen molar-refractivity contribution in [2.24, 2.45) is 11.8 Å². The van der Waals surface area contributed by atoms with Crippen molar-refractivity contribution >= 4 is 18.5 Å². The minimum absolute atomic E-state index is 0.228. The molecule has 0 N–H and O–H groups in total. The van der Waals surface area contributed by atoms with E-state index in [-0.39, 0.29) is 5.92 Å². The maximum atomic E-state index is 13.5. The number of hydrogen-bond acceptors (Lipinski definition) is 0. The molecule has 1 aliphatic rings. The highest BCUT2D eigenvalue weighted by molar-refractivity contribution is 7.39. The Morgan fingerprint density at radius 2 is 2.09 bits per heavy atom. The van der Waals surface area contributed by atoms with Gasteiger partial charge in [-0.1, -0.05) is 44.7 Å². The summed E-state index contributed by atoms with van der Waals surface area (Å²) in [6, 6.07) is 0. The SMILES string of the molecule is CCC(C1CCC1)C(F)(P)P. The Labute approximate surface area is 73.1 Å². The summed E-state index contributed by atoms with van der Waals surface area (Å²) in [5, 5.41) is -1.13. The normalized spacial score (nSPS) is 22.9. The van der Waals surface area contributed by atoms with Crippen molar-refractivity contribution in [3.8, 4) is 0 Å². The fourth-order valence-corrected chi connectivity index (χ4v) is 2.87. The Bertz CT molecular complexity index is 127. The highest BCUT2D eigenvalue weighted by Crippen LogP contribution is 2.48. The first-order valence-corrected chi connectivity index (χ1v) is 5.47. The van der Waals surface area contributed by atoms with Crippen LogP contribution in [0, 0.1) is 11.8 Å². The van der Waals surface area contributed by atoms with Gasteiger partial charge < -0.3 is 0 Å². The van der Waals surface area contributed by atoms with Gasteiger partial charge in [-0.05, 0) is 12.3 Å². The Morgan fingerprint density at radius 3 is 2.18 bits per heavy atom. The van der Waals surface area contributed by atoms with Crippen molar-refractivity contribution in [3.05, 3.63) is 0 Å². The third kappa shape index (κ3) is 2.36. The van der Waals surface area contributed by atoms with Gasteiger partial charge in [0.25, 0.3) is 0 Å². The monoisotopic (exact) mass is 194 g/mol. The Morgan fingerprint density at radius 1 is 1.55 bits per heavy atom. The Hall–Kier alpha value is 0.790. The van der Waals surface area contributed by atoms with Crippen molar-refractivity contribution in [2.45, 2.75) is 37.8 Å². The average Bonchev–Trinajstić information content (AvgIpc) is 1.74. The number of rotatable bonds is 3. The molecule has 3 atom stereocenters. The molecule has 0 aromatic heterocycles. The molecule has 0 radical (unpaired) electrons. The van der Waals surface area contributed by atoms with E-state index in [0.29, 0.717) is 5.92 Å². The zero-order valence-electron chi connectivity index (χ0n) is 7.02. The van der Waals surface area contributed by atoms with Gasteiger partial charge in [0.2, 0.25) is 0 Å². The lowest BCUT2D eigenvalue weighted by molar-refractivity contribution is 0.133. The number of halogens is 1. The van der Waals surface area contributed by atoms with Crippen LogP contribution in [-0.2, 0) is 0 Å². The van der Waals surface area contributed by atoms with Crippen molar-refractivity contribution in [1.29, 1.82) is 0 Å². The molecule has 1 aliphatic carbocycles. The summed E-state index contributed by atoms with van der Waals surface area (Å²) in [4.78, 5) is 0.